The Labute approximate surface area is 214 Å². The van der Waals surface area contributed by atoms with Crippen LogP contribution in [-0.4, -0.2) is 29.2 Å². The molecule has 2 unspecified atom stereocenters. The highest BCUT2D eigenvalue weighted by atomic mass is 19.4. The van der Waals surface area contributed by atoms with E-state index in [4.69, 9.17) is 9.90 Å². The molecule has 3 aromatic rings. The number of halogens is 6. The van der Waals surface area contributed by atoms with Gasteiger partial charge in [-0.2, -0.15) is 26.3 Å². The lowest BCUT2D eigenvalue weighted by Gasteiger charge is -2.09. The van der Waals surface area contributed by atoms with Crippen LogP contribution in [0.4, 0.5) is 26.3 Å². The van der Waals surface area contributed by atoms with Gasteiger partial charge in [-0.1, -0.05) is 54.6 Å². The average molecular weight is 538 g/mol. The number of amides is 1. The number of hydrogen-bond acceptors (Lipinski definition) is 3. The molecule has 1 amide bonds. The number of aliphatic carboxylic acids is 1. The molecule has 0 saturated heterocycles. The van der Waals surface area contributed by atoms with E-state index in [-0.39, 0.29) is 5.91 Å². The standard InChI is InChI=1S/C25H23F3N2O.C2HF3O2/c26-25(27,28)21-12-6-18(7-13-21)15-29-23-14-22(23)19-8-10-20(11-9-19)24(31)30-16-17-4-2-1-3-5-17;3-2(4,5)1(6)7/h1-13,22-23,29H,14-16H2,(H,30,31);(H,6,7). The SMILES string of the molecule is O=C(NCc1ccccc1)c1ccc(C2CC2NCc2ccc(C(F)(F)F)cc2)cc1.O=C(O)C(F)(F)F. The van der Waals surface area contributed by atoms with E-state index >= 15 is 0 Å². The second-order valence-electron chi connectivity index (χ2n) is 8.62. The Kier molecular flexibility index (Phi) is 9.16. The zero-order valence-electron chi connectivity index (χ0n) is 19.8. The molecule has 0 aromatic heterocycles. The molecule has 0 spiro atoms. The van der Waals surface area contributed by atoms with Gasteiger partial charge in [-0.15, -0.1) is 0 Å². The molecule has 1 aliphatic carbocycles. The lowest BCUT2D eigenvalue weighted by molar-refractivity contribution is -0.192. The molecule has 202 valence electrons. The zero-order chi connectivity index (χ0) is 27.9. The zero-order valence-corrected chi connectivity index (χ0v) is 19.8. The van der Waals surface area contributed by atoms with Crippen molar-refractivity contribution in [3.8, 4) is 0 Å². The van der Waals surface area contributed by atoms with Gasteiger partial charge in [0.25, 0.3) is 5.91 Å². The first kappa shape index (κ1) is 28.7. The number of benzene rings is 3. The van der Waals surface area contributed by atoms with E-state index in [0.717, 1.165) is 35.2 Å². The van der Waals surface area contributed by atoms with Crippen molar-refractivity contribution in [1.29, 1.82) is 0 Å². The van der Waals surface area contributed by atoms with Gasteiger partial charge in [-0.25, -0.2) is 4.79 Å². The molecular formula is C27H24F6N2O3. The van der Waals surface area contributed by atoms with Crippen molar-refractivity contribution in [3.05, 3.63) is 107 Å². The normalized spacial score (nSPS) is 16.7. The van der Waals surface area contributed by atoms with E-state index in [9.17, 15) is 31.1 Å². The monoisotopic (exact) mass is 538 g/mol. The Morgan fingerprint density at radius 2 is 1.34 bits per heavy atom. The summed E-state index contributed by atoms with van der Waals surface area (Å²) in [5, 5.41) is 13.4. The predicted molar refractivity (Wildman–Crippen MR) is 127 cm³/mol. The second-order valence-corrected chi connectivity index (χ2v) is 8.62. The number of carboxylic acids is 1. The molecule has 3 aromatic carbocycles. The van der Waals surface area contributed by atoms with Crippen LogP contribution in [0.2, 0.25) is 0 Å². The van der Waals surface area contributed by atoms with Crippen LogP contribution in [0.1, 0.15) is 45.0 Å². The third-order valence-corrected chi connectivity index (χ3v) is 5.78. The van der Waals surface area contributed by atoms with Gasteiger partial charge < -0.3 is 15.7 Å². The molecule has 4 rings (SSSR count). The molecular weight excluding hydrogens is 514 g/mol. The molecule has 0 heterocycles. The van der Waals surface area contributed by atoms with E-state index in [1.165, 1.54) is 12.1 Å². The first-order valence-electron chi connectivity index (χ1n) is 11.5. The predicted octanol–water partition coefficient (Wildman–Crippen LogP) is 5.91. The molecule has 0 aliphatic heterocycles. The molecule has 5 nitrogen and oxygen atoms in total. The number of rotatable bonds is 7. The van der Waals surface area contributed by atoms with Crippen molar-refractivity contribution >= 4 is 11.9 Å². The Bertz CT molecular complexity index is 1210. The van der Waals surface area contributed by atoms with Crippen LogP contribution in [-0.2, 0) is 24.1 Å². The van der Waals surface area contributed by atoms with Crippen LogP contribution in [0.15, 0.2) is 78.9 Å². The molecule has 0 bridgehead atoms. The van der Waals surface area contributed by atoms with Crippen LogP contribution >= 0.6 is 0 Å². The maximum Gasteiger partial charge on any atom is 0.490 e. The van der Waals surface area contributed by atoms with Crippen LogP contribution < -0.4 is 10.6 Å². The number of nitrogens with one attached hydrogen (secondary N) is 2. The van der Waals surface area contributed by atoms with Gasteiger partial charge >= 0.3 is 18.3 Å². The molecule has 11 heteroatoms. The topological polar surface area (TPSA) is 78.4 Å². The molecule has 0 radical (unpaired) electrons. The summed E-state index contributed by atoms with van der Waals surface area (Å²) in [5.74, 6) is -2.51. The molecule has 2 atom stereocenters. The van der Waals surface area contributed by atoms with Gasteiger partial charge in [0.1, 0.15) is 0 Å². The summed E-state index contributed by atoms with van der Waals surface area (Å²) in [6.07, 6.45) is -8.42. The molecule has 38 heavy (non-hydrogen) atoms. The minimum absolute atomic E-state index is 0.108. The van der Waals surface area contributed by atoms with Crippen molar-refractivity contribution < 1.29 is 41.0 Å². The summed E-state index contributed by atoms with van der Waals surface area (Å²) < 4.78 is 69.7. The molecule has 1 aliphatic rings. The number of alkyl halides is 6. The molecule has 1 fully saturated rings. The minimum Gasteiger partial charge on any atom is -0.475 e. The average Bonchev–Trinajstić information content (AvgIpc) is 3.66. The van der Waals surface area contributed by atoms with Gasteiger partial charge in [0.05, 0.1) is 5.56 Å². The fourth-order valence-corrected chi connectivity index (χ4v) is 3.61. The Morgan fingerprint density at radius 1 is 0.789 bits per heavy atom. The van der Waals surface area contributed by atoms with Crippen LogP contribution in [0.25, 0.3) is 0 Å². The van der Waals surface area contributed by atoms with Crippen LogP contribution in [0.5, 0.6) is 0 Å². The third-order valence-electron chi connectivity index (χ3n) is 5.78. The van der Waals surface area contributed by atoms with E-state index < -0.39 is 23.9 Å². The van der Waals surface area contributed by atoms with Crippen LogP contribution in [0.3, 0.4) is 0 Å². The van der Waals surface area contributed by atoms with Crippen LogP contribution in [0, 0.1) is 0 Å². The quantitative estimate of drug-likeness (QED) is 0.327. The number of hydrogen-bond donors (Lipinski definition) is 3. The van der Waals surface area contributed by atoms with E-state index in [1.54, 1.807) is 0 Å². The summed E-state index contributed by atoms with van der Waals surface area (Å²) in [6, 6.07) is 22.9. The van der Waals surface area contributed by atoms with Crippen molar-refractivity contribution in [2.75, 3.05) is 0 Å². The van der Waals surface area contributed by atoms with E-state index in [1.807, 2.05) is 54.6 Å². The fraction of sp³-hybridized carbons (Fsp3) is 0.259. The molecule has 3 N–H and O–H groups in total. The first-order chi connectivity index (χ1) is 17.8. The van der Waals surface area contributed by atoms with E-state index in [0.29, 0.717) is 30.6 Å². The number of carbonyl (C=O) groups excluding carboxylic acids is 1. The lowest BCUT2D eigenvalue weighted by Crippen LogP contribution is -2.22. The maximum atomic E-state index is 12.6. The smallest absolute Gasteiger partial charge is 0.475 e. The van der Waals surface area contributed by atoms with Gasteiger partial charge in [-0.05, 0) is 47.4 Å². The van der Waals surface area contributed by atoms with Crippen molar-refractivity contribution in [2.24, 2.45) is 0 Å². The fourth-order valence-electron chi connectivity index (χ4n) is 3.61. The van der Waals surface area contributed by atoms with E-state index in [2.05, 4.69) is 10.6 Å². The largest absolute Gasteiger partial charge is 0.490 e. The highest BCUT2D eigenvalue weighted by Gasteiger charge is 2.38. The van der Waals surface area contributed by atoms with Gasteiger partial charge in [0.2, 0.25) is 0 Å². The van der Waals surface area contributed by atoms with Gasteiger partial charge in [0, 0.05) is 30.6 Å². The third kappa shape index (κ3) is 8.62. The van der Waals surface area contributed by atoms with Gasteiger partial charge in [-0.3, -0.25) is 4.79 Å². The number of carboxylic acid groups (broad SMARTS) is 1. The summed E-state index contributed by atoms with van der Waals surface area (Å²) >= 11 is 0. The maximum absolute atomic E-state index is 12.6. The Hall–Kier alpha value is -3.86. The van der Waals surface area contributed by atoms with Crippen molar-refractivity contribution in [1.82, 2.24) is 10.6 Å². The Balaban J connectivity index is 0.000000505. The van der Waals surface area contributed by atoms with Gasteiger partial charge in [0.15, 0.2) is 0 Å². The summed E-state index contributed by atoms with van der Waals surface area (Å²) in [5.41, 5.74) is 3.02. The highest BCUT2D eigenvalue weighted by molar-refractivity contribution is 5.94. The summed E-state index contributed by atoms with van der Waals surface area (Å²) in [7, 11) is 0. The summed E-state index contributed by atoms with van der Waals surface area (Å²) in [4.78, 5) is 21.2. The minimum atomic E-state index is -5.08. The van der Waals surface area contributed by atoms with Crippen molar-refractivity contribution in [3.63, 3.8) is 0 Å². The number of carbonyl (C=O) groups is 2. The second kappa shape index (κ2) is 12.1. The molecule has 1 saturated carbocycles. The lowest BCUT2D eigenvalue weighted by atomic mass is 10.1. The van der Waals surface area contributed by atoms with Crippen molar-refractivity contribution in [2.45, 2.75) is 43.8 Å². The summed E-state index contributed by atoms with van der Waals surface area (Å²) in [6.45, 7) is 1.01. The first-order valence-corrected chi connectivity index (χ1v) is 11.5. The Morgan fingerprint density at radius 3 is 1.87 bits per heavy atom. The highest BCUT2D eigenvalue weighted by Crippen LogP contribution is 2.41.